The van der Waals surface area contributed by atoms with Crippen molar-refractivity contribution < 1.29 is 4.39 Å². The summed E-state index contributed by atoms with van der Waals surface area (Å²) in [6, 6.07) is 7.34. The summed E-state index contributed by atoms with van der Waals surface area (Å²) in [6.07, 6.45) is 1.05. The standard InChI is InChI=1S/C15H23FN2/c1-4-14(12-5-7-13(16)8-6-12)18-10-9-17-11-15(18,2)3/h5-8,14,17H,4,9-11H2,1-3H3. The Hall–Kier alpha value is -0.930. The zero-order valence-electron chi connectivity index (χ0n) is 11.5. The molecule has 1 aromatic rings. The zero-order chi connectivity index (χ0) is 13.2. The summed E-state index contributed by atoms with van der Waals surface area (Å²) in [6.45, 7) is 9.82. The van der Waals surface area contributed by atoms with Gasteiger partial charge < -0.3 is 5.32 Å². The Kier molecular flexibility index (Phi) is 4.03. The predicted octanol–water partition coefficient (Wildman–Crippen LogP) is 2.96. The van der Waals surface area contributed by atoms with Crippen molar-refractivity contribution >= 4 is 0 Å². The third kappa shape index (κ3) is 2.73. The van der Waals surface area contributed by atoms with E-state index in [1.165, 1.54) is 5.56 Å². The largest absolute Gasteiger partial charge is 0.314 e. The van der Waals surface area contributed by atoms with E-state index in [2.05, 4.69) is 31.0 Å². The van der Waals surface area contributed by atoms with E-state index < -0.39 is 0 Å². The Balaban J connectivity index is 2.24. The smallest absolute Gasteiger partial charge is 0.123 e. The van der Waals surface area contributed by atoms with Gasteiger partial charge in [0.2, 0.25) is 0 Å². The van der Waals surface area contributed by atoms with Crippen LogP contribution in [0.2, 0.25) is 0 Å². The highest BCUT2D eigenvalue weighted by Gasteiger charge is 2.34. The Bertz CT molecular complexity index is 386. The van der Waals surface area contributed by atoms with Gasteiger partial charge in [0, 0.05) is 31.2 Å². The Morgan fingerprint density at radius 2 is 2.00 bits per heavy atom. The number of piperazine rings is 1. The normalized spacial score (nSPS) is 21.8. The van der Waals surface area contributed by atoms with Crippen molar-refractivity contribution in [2.24, 2.45) is 0 Å². The van der Waals surface area contributed by atoms with E-state index in [0.29, 0.717) is 6.04 Å². The molecule has 1 saturated heterocycles. The van der Waals surface area contributed by atoms with Crippen LogP contribution >= 0.6 is 0 Å². The fraction of sp³-hybridized carbons (Fsp3) is 0.600. The predicted molar refractivity (Wildman–Crippen MR) is 73.1 cm³/mol. The third-order valence-electron chi connectivity index (χ3n) is 3.88. The minimum atomic E-state index is -0.159. The molecule has 1 unspecified atom stereocenters. The quantitative estimate of drug-likeness (QED) is 0.887. The fourth-order valence-corrected chi connectivity index (χ4v) is 2.90. The average molecular weight is 250 g/mol. The summed E-state index contributed by atoms with van der Waals surface area (Å²) in [7, 11) is 0. The summed E-state index contributed by atoms with van der Waals surface area (Å²) < 4.78 is 13.0. The number of halogens is 1. The van der Waals surface area contributed by atoms with Gasteiger partial charge in [0.05, 0.1) is 0 Å². The van der Waals surface area contributed by atoms with Crippen molar-refractivity contribution in [3.05, 3.63) is 35.6 Å². The maximum atomic E-state index is 13.0. The van der Waals surface area contributed by atoms with Gasteiger partial charge in [0.1, 0.15) is 5.82 Å². The van der Waals surface area contributed by atoms with E-state index in [4.69, 9.17) is 0 Å². The van der Waals surface area contributed by atoms with Crippen LogP contribution < -0.4 is 5.32 Å². The van der Waals surface area contributed by atoms with Gasteiger partial charge >= 0.3 is 0 Å². The second-order valence-corrected chi connectivity index (χ2v) is 5.66. The molecule has 2 rings (SSSR count). The highest BCUT2D eigenvalue weighted by Crippen LogP contribution is 2.31. The van der Waals surface area contributed by atoms with E-state index >= 15 is 0 Å². The number of nitrogens with zero attached hydrogens (tertiary/aromatic N) is 1. The second kappa shape index (κ2) is 5.37. The molecule has 0 aliphatic carbocycles. The van der Waals surface area contributed by atoms with Gasteiger partial charge in [-0.15, -0.1) is 0 Å². The minimum absolute atomic E-state index is 0.146. The number of hydrogen-bond donors (Lipinski definition) is 1. The molecule has 1 aliphatic heterocycles. The van der Waals surface area contributed by atoms with Crippen LogP contribution in [0.4, 0.5) is 4.39 Å². The molecule has 1 atom stereocenters. The average Bonchev–Trinajstić information content (AvgIpc) is 2.34. The molecule has 1 aliphatic rings. The molecule has 0 amide bonds. The van der Waals surface area contributed by atoms with Crippen molar-refractivity contribution in [3.8, 4) is 0 Å². The molecule has 2 nitrogen and oxygen atoms in total. The molecule has 0 radical (unpaired) electrons. The van der Waals surface area contributed by atoms with E-state index in [1.807, 2.05) is 12.1 Å². The fourth-order valence-electron chi connectivity index (χ4n) is 2.90. The maximum absolute atomic E-state index is 13.0. The number of rotatable bonds is 3. The van der Waals surface area contributed by atoms with Gasteiger partial charge in [0.25, 0.3) is 0 Å². The lowest BCUT2D eigenvalue weighted by Crippen LogP contribution is -2.58. The molecule has 0 saturated carbocycles. The van der Waals surface area contributed by atoms with Crippen molar-refractivity contribution in [3.63, 3.8) is 0 Å². The molecule has 1 N–H and O–H groups in total. The molecule has 3 heteroatoms. The van der Waals surface area contributed by atoms with Crippen LogP contribution in [0, 0.1) is 5.82 Å². The van der Waals surface area contributed by atoms with Crippen LogP contribution in [0.15, 0.2) is 24.3 Å². The summed E-state index contributed by atoms with van der Waals surface area (Å²) in [5.41, 5.74) is 1.36. The first kappa shape index (κ1) is 13.5. The van der Waals surface area contributed by atoms with Gasteiger partial charge in [-0.2, -0.15) is 0 Å². The highest BCUT2D eigenvalue weighted by atomic mass is 19.1. The van der Waals surface area contributed by atoms with Gasteiger partial charge in [-0.05, 0) is 38.0 Å². The molecule has 1 heterocycles. The number of hydrogen-bond acceptors (Lipinski definition) is 2. The summed E-state index contributed by atoms with van der Waals surface area (Å²) in [4.78, 5) is 2.54. The first-order chi connectivity index (χ1) is 8.54. The summed E-state index contributed by atoms with van der Waals surface area (Å²) >= 11 is 0. The Morgan fingerprint density at radius 1 is 1.33 bits per heavy atom. The molecule has 18 heavy (non-hydrogen) atoms. The van der Waals surface area contributed by atoms with Gasteiger partial charge in [-0.3, -0.25) is 4.90 Å². The van der Waals surface area contributed by atoms with Crippen LogP contribution in [0.5, 0.6) is 0 Å². The molecular weight excluding hydrogens is 227 g/mol. The zero-order valence-corrected chi connectivity index (χ0v) is 11.5. The van der Waals surface area contributed by atoms with Crippen LogP contribution in [-0.2, 0) is 0 Å². The second-order valence-electron chi connectivity index (χ2n) is 5.66. The van der Waals surface area contributed by atoms with Crippen molar-refractivity contribution in [2.75, 3.05) is 19.6 Å². The Labute approximate surface area is 109 Å². The number of benzene rings is 1. The highest BCUT2D eigenvalue weighted by molar-refractivity contribution is 5.21. The van der Waals surface area contributed by atoms with E-state index in [-0.39, 0.29) is 11.4 Å². The van der Waals surface area contributed by atoms with Crippen molar-refractivity contribution in [1.29, 1.82) is 0 Å². The van der Waals surface area contributed by atoms with E-state index in [0.717, 1.165) is 26.1 Å². The molecule has 0 bridgehead atoms. The first-order valence-electron chi connectivity index (χ1n) is 6.77. The van der Waals surface area contributed by atoms with Gasteiger partial charge in [-0.1, -0.05) is 19.1 Å². The Morgan fingerprint density at radius 3 is 2.56 bits per heavy atom. The molecular formula is C15H23FN2. The lowest BCUT2D eigenvalue weighted by atomic mass is 9.93. The van der Waals surface area contributed by atoms with Crippen molar-refractivity contribution in [2.45, 2.75) is 38.8 Å². The molecule has 1 aromatic carbocycles. The molecule has 0 spiro atoms. The third-order valence-corrected chi connectivity index (χ3v) is 3.88. The van der Waals surface area contributed by atoms with Crippen LogP contribution in [-0.4, -0.2) is 30.1 Å². The van der Waals surface area contributed by atoms with E-state index in [1.54, 1.807) is 12.1 Å². The maximum Gasteiger partial charge on any atom is 0.123 e. The number of nitrogens with one attached hydrogen (secondary N) is 1. The first-order valence-corrected chi connectivity index (χ1v) is 6.77. The lowest BCUT2D eigenvalue weighted by Gasteiger charge is -2.47. The van der Waals surface area contributed by atoms with Crippen LogP contribution in [0.3, 0.4) is 0 Å². The van der Waals surface area contributed by atoms with Crippen LogP contribution in [0.25, 0.3) is 0 Å². The SMILES string of the molecule is CCC(c1ccc(F)cc1)N1CCNCC1(C)C. The van der Waals surface area contributed by atoms with Crippen molar-refractivity contribution in [1.82, 2.24) is 10.2 Å². The molecule has 100 valence electrons. The van der Waals surface area contributed by atoms with Crippen LogP contribution in [0.1, 0.15) is 38.8 Å². The topological polar surface area (TPSA) is 15.3 Å². The summed E-state index contributed by atoms with van der Waals surface area (Å²) in [5, 5.41) is 3.44. The minimum Gasteiger partial charge on any atom is -0.314 e. The van der Waals surface area contributed by atoms with E-state index in [9.17, 15) is 4.39 Å². The van der Waals surface area contributed by atoms with Gasteiger partial charge in [0.15, 0.2) is 0 Å². The molecule has 0 aromatic heterocycles. The molecule has 1 fully saturated rings. The summed E-state index contributed by atoms with van der Waals surface area (Å²) in [5.74, 6) is -0.159. The monoisotopic (exact) mass is 250 g/mol. The lowest BCUT2D eigenvalue weighted by molar-refractivity contribution is 0.0421. The van der Waals surface area contributed by atoms with Gasteiger partial charge in [-0.25, -0.2) is 4.39 Å².